The molecule has 14 aromatic rings. The van der Waals surface area contributed by atoms with Gasteiger partial charge in [0.15, 0.2) is 0 Å². The fraction of sp³-hybridized carbons (Fsp3) is 0.0870. The van der Waals surface area contributed by atoms with Gasteiger partial charge in [0.25, 0.3) is 0 Å². The first-order valence-electron chi connectivity index (χ1n) is 35.1. The fourth-order valence-electron chi connectivity index (χ4n) is 22.4. The number of halogens is 2. The van der Waals surface area contributed by atoms with Gasteiger partial charge in [-0.05, 0) is 0 Å². The molecule has 4 atom stereocenters. The molecule has 4 aliphatic carbocycles. The van der Waals surface area contributed by atoms with E-state index in [1.807, 2.05) is 0 Å². The molecule has 2 fully saturated rings. The molecular weight excluding hydrogens is 1470 g/mol. The first kappa shape index (κ1) is 61.1. The van der Waals surface area contributed by atoms with E-state index in [0.29, 0.717) is 0 Å². The predicted molar refractivity (Wildman–Crippen MR) is 418 cm³/mol. The van der Waals surface area contributed by atoms with Crippen LogP contribution in [-0.4, -0.2) is 17.6 Å². The summed E-state index contributed by atoms with van der Waals surface area (Å²) in [6.07, 6.45) is 10.1. The van der Waals surface area contributed by atoms with Crippen molar-refractivity contribution in [3.8, 4) is 44.5 Å². The first-order valence-corrected chi connectivity index (χ1v) is 54.7. The van der Waals surface area contributed by atoms with E-state index in [0.717, 1.165) is 157 Å². The van der Waals surface area contributed by atoms with Gasteiger partial charge in [-0.25, -0.2) is 0 Å². The molecule has 4 nitrogen and oxygen atoms in total. The molecule has 4 unspecified atom stereocenters. The molecule has 20 rings (SSSR count). The summed E-state index contributed by atoms with van der Waals surface area (Å²) in [6, 6.07) is 113. The van der Waals surface area contributed by atoms with Crippen LogP contribution in [0.3, 0.4) is 0 Å². The number of furan rings is 4. The van der Waals surface area contributed by atoms with Crippen molar-refractivity contribution >= 4 is 91.7 Å². The van der Waals surface area contributed by atoms with E-state index in [1.54, 1.807) is 0 Å². The second-order valence-corrected chi connectivity index (χ2v) is 83.4. The summed E-state index contributed by atoms with van der Waals surface area (Å²) >= 11 is -9.17. The average molecular weight is 1540 g/mol. The molecule has 0 amide bonds. The first-order chi connectivity index (χ1) is 49.4. The zero-order valence-corrected chi connectivity index (χ0v) is 63.6. The van der Waals surface area contributed by atoms with E-state index < -0.39 is 43.4 Å². The van der Waals surface area contributed by atoms with Crippen LogP contribution in [0.4, 0.5) is 0 Å². The summed E-state index contributed by atoms with van der Waals surface area (Å²) in [5.74, 6) is 6.13. The van der Waals surface area contributed by atoms with Gasteiger partial charge in [0.05, 0.1) is 0 Å². The van der Waals surface area contributed by atoms with Gasteiger partial charge in [0, 0.05) is 0 Å². The quantitative estimate of drug-likeness (QED) is 0.128. The molecular formula is C92H68Cl2HfO4Si2. The molecule has 2 saturated heterocycles. The van der Waals surface area contributed by atoms with E-state index in [4.69, 9.17) is 17.7 Å². The molecule has 10 aromatic carbocycles. The van der Waals surface area contributed by atoms with Crippen LogP contribution in [0.25, 0.3) is 91.1 Å². The van der Waals surface area contributed by atoms with E-state index in [2.05, 4.69) is 355 Å². The molecule has 0 N–H and O–H groups in total. The number of hydrogen-bond acceptors (Lipinski definition) is 4. The van der Waals surface area contributed by atoms with Crippen molar-refractivity contribution in [3.05, 3.63) is 394 Å². The van der Waals surface area contributed by atoms with Crippen LogP contribution in [-0.2, 0) is 25.8 Å². The van der Waals surface area contributed by atoms with Crippen molar-refractivity contribution in [3.63, 3.8) is 0 Å². The third-order valence-corrected chi connectivity index (χ3v) is 134. The average Bonchev–Trinajstić information content (AvgIpc) is 1.48. The van der Waals surface area contributed by atoms with Crippen LogP contribution in [0.5, 0.6) is 0 Å². The Morgan fingerprint density at radius 3 is 0.673 bits per heavy atom. The van der Waals surface area contributed by atoms with Crippen LogP contribution in [0.15, 0.2) is 321 Å². The standard InChI is InChI=1S/2C46H34O2Si.2ClH.Hf/c2*1-30-24-26-43(47-30)41-28-39-35(32-14-6-3-7-15-32)20-12-22-37(39)45(41)49(34-18-10-5-11-19-34)46-38-23-13-21-36(33-16-8-4-9-17-33)40(38)29-42(46)44-27-25-31(2)48-44;;;/h2*3-29,49H,1-2H3;2*1H;/q;;;;+2/p-2. The molecule has 6 aliphatic rings. The number of allylic oxidation sites excluding steroid dienone is 4. The van der Waals surface area contributed by atoms with Gasteiger partial charge in [-0.1, -0.05) is 0 Å². The summed E-state index contributed by atoms with van der Waals surface area (Å²) in [5.41, 5.74) is 21.5. The van der Waals surface area contributed by atoms with Gasteiger partial charge in [-0.2, -0.15) is 0 Å². The molecule has 4 aromatic heterocycles. The van der Waals surface area contributed by atoms with Crippen molar-refractivity contribution < 1.29 is 32.3 Å². The van der Waals surface area contributed by atoms with Crippen LogP contribution >= 0.6 is 17.2 Å². The van der Waals surface area contributed by atoms with Crippen molar-refractivity contribution in [1.29, 1.82) is 0 Å². The monoisotopic (exact) mass is 1540 g/mol. The molecule has 2 aliphatic heterocycles. The molecule has 0 bridgehead atoms. The van der Waals surface area contributed by atoms with E-state index >= 15 is 0 Å². The van der Waals surface area contributed by atoms with Crippen LogP contribution < -0.4 is 10.4 Å². The van der Waals surface area contributed by atoms with Gasteiger partial charge in [0.1, 0.15) is 0 Å². The number of fused-ring (bicyclic) bond motifs is 12. The molecule has 0 saturated carbocycles. The fourth-order valence-corrected chi connectivity index (χ4v) is 171. The summed E-state index contributed by atoms with van der Waals surface area (Å²) < 4.78 is 25.2. The number of hydrogen-bond donors (Lipinski definition) is 0. The maximum absolute atomic E-state index is 12.4. The van der Waals surface area contributed by atoms with Crippen molar-refractivity contribution in [2.45, 2.75) is 38.9 Å². The topological polar surface area (TPSA) is 52.6 Å². The Balaban J connectivity index is 1.15. The van der Waals surface area contributed by atoms with Gasteiger partial charge >= 0.3 is 601 Å². The molecule has 9 heteroatoms. The Bertz CT molecular complexity index is 5250. The minimum absolute atomic E-state index is 0.745. The van der Waals surface area contributed by atoms with Gasteiger partial charge in [0.2, 0.25) is 0 Å². The second kappa shape index (κ2) is 21.4. The Morgan fingerprint density at radius 2 is 0.465 bits per heavy atom. The molecule has 101 heavy (non-hydrogen) atoms. The maximum atomic E-state index is 12.4. The van der Waals surface area contributed by atoms with Gasteiger partial charge in [-0.15, -0.1) is 0 Å². The van der Waals surface area contributed by atoms with Gasteiger partial charge in [-0.3, -0.25) is 0 Å². The predicted octanol–water partition coefficient (Wildman–Crippen LogP) is 22.0. The van der Waals surface area contributed by atoms with Crippen molar-refractivity contribution in [2.24, 2.45) is 0 Å². The van der Waals surface area contributed by atoms with Gasteiger partial charge < -0.3 is 0 Å². The molecule has 5 spiro atoms. The summed E-state index contributed by atoms with van der Waals surface area (Å²) in [5, 5.41) is 2.44. The number of rotatable bonds is 10. The van der Waals surface area contributed by atoms with Crippen molar-refractivity contribution in [2.75, 3.05) is 0 Å². The Hall–Kier alpha value is -9.84. The third kappa shape index (κ3) is 6.92. The Kier molecular flexibility index (Phi) is 12.9. The summed E-state index contributed by atoms with van der Waals surface area (Å²) in [7, 11) is 17.7. The zero-order chi connectivity index (χ0) is 67.9. The minimum atomic E-state index is -9.17. The number of aryl methyl sites for hydroxylation is 4. The summed E-state index contributed by atoms with van der Waals surface area (Å²) in [4.78, 5) is 0. The molecule has 0 radical (unpaired) electrons. The molecule has 6 heterocycles. The normalized spacial score (nSPS) is 23.7. The summed E-state index contributed by atoms with van der Waals surface area (Å²) in [6.45, 7) is 8.31. The van der Waals surface area contributed by atoms with Crippen LogP contribution in [0, 0.1) is 27.7 Å². The third-order valence-electron chi connectivity index (χ3n) is 24.9. The van der Waals surface area contributed by atoms with E-state index in [1.165, 1.54) is 10.4 Å². The number of benzene rings is 10. The van der Waals surface area contributed by atoms with Crippen LogP contribution in [0.2, 0.25) is 0 Å². The zero-order valence-electron chi connectivity index (χ0n) is 56.2. The molecule has 486 valence electrons. The van der Waals surface area contributed by atoms with E-state index in [-0.39, 0.29) is 0 Å². The Morgan fingerprint density at radius 1 is 0.248 bits per heavy atom. The Labute approximate surface area is 596 Å². The van der Waals surface area contributed by atoms with E-state index in [9.17, 15) is 17.2 Å². The van der Waals surface area contributed by atoms with Crippen LogP contribution in [0.1, 0.15) is 90.6 Å². The SMILES string of the molecule is Cc1ccc(C2=Cc3c(-c4ccccc4)cccc3[C]23[SiH](c2ccccc2)[C]2(C(c4ccc(C)o4)=Cc4c(-c5ccccc5)cccc42)[Hf]32([Cl])([Cl])[C]3(C(c4ccc(C)o4)=Cc4c(-c5ccccc5)cccc43)[SiH](c3ccccc3)[C]23C(c2ccc(C)o2)=Cc2c(-c4ccccc4)cccc23)o1. The second-order valence-electron chi connectivity index (χ2n) is 28.9. The van der Waals surface area contributed by atoms with Crippen molar-refractivity contribution in [1.82, 2.24) is 0 Å².